The highest BCUT2D eigenvalue weighted by Crippen LogP contribution is 2.35. The van der Waals surface area contributed by atoms with Crippen LogP contribution < -0.4 is 15.2 Å². The van der Waals surface area contributed by atoms with E-state index >= 15 is 0 Å². The Kier molecular flexibility index (Phi) is 3.74. The van der Waals surface area contributed by atoms with Gasteiger partial charge in [0.2, 0.25) is 0 Å². The zero-order chi connectivity index (χ0) is 14.1. The molecular formula is C16H24N2O2. The highest BCUT2D eigenvalue weighted by Gasteiger charge is 2.25. The van der Waals surface area contributed by atoms with E-state index in [1.807, 2.05) is 6.07 Å². The molecule has 1 saturated heterocycles. The van der Waals surface area contributed by atoms with Crippen LogP contribution >= 0.6 is 0 Å². The Hall–Kier alpha value is -1.42. The molecule has 2 aliphatic heterocycles. The van der Waals surface area contributed by atoms with Crippen LogP contribution in [0.1, 0.15) is 32.3 Å². The molecule has 2 atom stereocenters. The summed E-state index contributed by atoms with van der Waals surface area (Å²) in [7, 11) is 0. The summed E-state index contributed by atoms with van der Waals surface area (Å²) in [5.41, 5.74) is 8.13. The molecule has 4 nitrogen and oxygen atoms in total. The number of likely N-dealkylation sites (tertiary alicyclic amines) is 1. The van der Waals surface area contributed by atoms with Crippen LogP contribution in [0.5, 0.6) is 11.5 Å². The number of hydrogen-bond acceptors (Lipinski definition) is 4. The van der Waals surface area contributed by atoms with E-state index in [-0.39, 0.29) is 0 Å². The average molecular weight is 276 g/mol. The van der Waals surface area contributed by atoms with Gasteiger partial charge in [-0.1, -0.05) is 6.92 Å². The zero-order valence-electron chi connectivity index (χ0n) is 12.4. The Morgan fingerprint density at radius 2 is 1.90 bits per heavy atom. The van der Waals surface area contributed by atoms with Crippen molar-refractivity contribution < 1.29 is 9.47 Å². The van der Waals surface area contributed by atoms with Crippen LogP contribution in [0.25, 0.3) is 0 Å². The first-order valence-electron chi connectivity index (χ1n) is 7.57. The molecule has 0 spiro atoms. The number of hydrogen-bond donors (Lipinski definition) is 1. The van der Waals surface area contributed by atoms with Gasteiger partial charge in [0.15, 0.2) is 11.5 Å². The van der Waals surface area contributed by atoms with Crippen LogP contribution in [-0.4, -0.2) is 30.7 Å². The van der Waals surface area contributed by atoms with Crippen molar-refractivity contribution >= 4 is 5.69 Å². The van der Waals surface area contributed by atoms with Gasteiger partial charge < -0.3 is 15.2 Å². The van der Waals surface area contributed by atoms with E-state index in [9.17, 15) is 0 Å². The predicted octanol–water partition coefficient (Wildman–Crippen LogP) is 2.66. The second kappa shape index (κ2) is 5.52. The van der Waals surface area contributed by atoms with Crippen molar-refractivity contribution in [2.45, 2.75) is 39.3 Å². The standard InChI is InChI=1S/C16H24N2O2/c1-11-4-3-5-18(12(11)2)10-13-8-15-16(9-14(13)17)20-7-6-19-15/h8-9,11-12H,3-7,10,17H2,1-2H3. The minimum absolute atomic E-state index is 0.604. The molecule has 1 fully saturated rings. The molecule has 2 aliphatic rings. The van der Waals surface area contributed by atoms with E-state index in [0.29, 0.717) is 19.3 Å². The van der Waals surface area contributed by atoms with Crippen LogP contribution in [-0.2, 0) is 6.54 Å². The minimum atomic E-state index is 0.604. The Bertz CT molecular complexity index is 490. The molecule has 110 valence electrons. The summed E-state index contributed by atoms with van der Waals surface area (Å²) in [6.07, 6.45) is 2.60. The lowest BCUT2D eigenvalue weighted by molar-refractivity contribution is 0.106. The fraction of sp³-hybridized carbons (Fsp3) is 0.625. The van der Waals surface area contributed by atoms with Crippen molar-refractivity contribution in [1.29, 1.82) is 0 Å². The molecule has 2 heterocycles. The largest absolute Gasteiger partial charge is 0.486 e. The number of ether oxygens (including phenoxy) is 2. The lowest BCUT2D eigenvalue weighted by atomic mass is 9.91. The van der Waals surface area contributed by atoms with Crippen LogP contribution in [0.4, 0.5) is 5.69 Å². The maximum Gasteiger partial charge on any atom is 0.163 e. The van der Waals surface area contributed by atoms with Crippen LogP contribution in [0.3, 0.4) is 0 Å². The summed E-state index contributed by atoms with van der Waals surface area (Å²) in [6.45, 7) is 7.93. The number of piperidine rings is 1. The molecule has 0 amide bonds. The lowest BCUT2D eigenvalue weighted by Crippen LogP contribution is -2.41. The number of fused-ring (bicyclic) bond motifs is 1. The van der Waals surface area contributed by atoms with Crippen LogP contribution in [0, 0.1) is 5.92 Å². The van der Waals surface area contributed by atoms with E-state index < -0.39 is 0 Å². The molecule has 20 heavy (non-hydrogen) atoms. The Labute approximate surface area is 120 Å². The highest BCUT2D eigenvalue weighted by molar-refractivity contribution is 5.58. The van der Waals surface area contributed by atoms with Crippen molar-refractivity contribution in [3.8, 4) is 11.5 Å². The van der Waals surface area contributed by atoms with Crippen molar-refractivity contribution in [2.75, 3.05) is 25.5 Å². The van der Waals surface area contributed by atoms with Crippen LogP contribution in [0.2, 0.25) is 0 Å². The molecule has 3 rings (SSSR count). The van der Waals surface area contributed by atoms with E-state index in [4.69, 9.17) is 15.2 Å². The summed E-state index contributed by atoms with van der Waals surface area (Å²) < 4.78 is 11.2. The van der Waals surface area contributed by atoms with E-state index in [0.717, 1.165) is 41.8 Å². The van der Waals surface area contributed by atoms with Gasteiger partial charge in [-0.25, -0.2) is 0 Å². The molecule has 0 radical (unpaired) electrons. The van der Waals surface area contributed by atoms with Crippen molar-refractivity contribution in [3.63, 3.8) is 0 Å². The zero-order valence-corrected chi connectivity index (χ0v) is 12.4. The first kappa shape index (κ1) is 13.6. The van der Waals surface area contributed by atoms with Gasteiger partial charge in [-0.05, 0) is 43.9 Å². The van der Waals surface area contributed by atoms with Gasteiger partial charge in [-0.3, -0.25) is 4.90 Å². The summed E-state index contributed by atoms with van der Waals surface area (Å²) in [6, 6.07) is 4.56. The fourth-order valence-electron chi connectivity index (χ4n) is 3.15. The average Bonchev–Trinajstić information content (AvgIpc) is 2.44. The molecule has 0 bridgehead atoms. The molecule has 4 heteroatoms. The third kappa shape index (κ3) is 2.57. The van der Waals surface area contributed by atoms with E-state index in [1.54, 1.807) is 0 Å². The first-order chi connectivity index (χ1) is 9.65. The fourth-order valence-corrected chi connectivity index (χ4v) is 3.15. The lowest BCUT2D eigenvalue weighted by Gasteiger charge is -2.38. The van der Waals surface area contributed by atoms with Crippen molar-refractivity contribution in [3.05, 3.63) is 17.7 Å². The van der Waals surface area contributed by atoms with Gasteiger partial charge in [0.05, 0.1) is 0 Å². The Balaban J connectivity index is 1.80. The normalized spacial score (nSPS) is 26.5. The quantitative estimate of drug-likeness (QED) is 0.844. The topological polar surface area (TPSA) is 47.7 Å². The smallest absolute Gasteiger partial charge is 0.163 e. The number of anilines is 1. The highest BCUT2D eigenvalue weighted by atomic mass is 16.6. The monoisotopic (exact) mass is 276 g/mol. The molecule has 2 N–H and O–H groups in total. The van der Waals surface area contributed by atoms with Gasteiger partial charge in [0, 0.05) is 24.3 Å². The SMILES string of the molecule is CC1CCCN(Cc2cc3c(cc2N)OCCO3)C1C. The number of nitrogens with zero attached hydrogens (tertiary/aromatic N) is 1. The number of rotatable bonds is 2. The molecule has 0 aliphatic carbocycles. The molecule has 0 aromatic heterocycles. The van der Waals surface area contributed by atoms with Gasteiger partial charge >= 0.3 is 0 Å². The molecule has 0 saturated carbocycles. The second-order valence-corrected chi connectivity index (χ2v) is 6.03. The van der Waals surface area contributed by atoms with Crippen molar-refractivity contribution in [2.24, 2.45) is 5.92 Å². The minimum Gasteiger partial charge on any atom is -0.486 e. The Morgan fingerprint density at radius 3 is 2.65 bits per heavy atom. The summed E-state index contributed by atoms with van der Waals surface area (Å²) in [5, 5.41) is 0. The third-order valence-electron chi connectivity index (χ3n) is 4.68. The number of nitrogen functional groups attached to an aromatic ring is 1. The number of nitrogens with two attached hydrogens (primary N) is 1. The summed E-state index contributed by atoms with van der Waals surface area (Å²) in [4.78, 5) is 2.52. The third-order valence-corrected chi connectivity index (χ3v) is 4.68. The van der Waals surface area contributed by atoms with E-state index in [2.05, 4.69) is 24.8 Å². The van der Waals surface area contributed by atoms with E-state index in [1.165, 1.54) is 12.8 Å². The van der Waals surface area contributed by atoms with Gasteiger partial charge in [-0.15, -0.1) is 0 Å². The summed E-state index contributed by atoms with van der Waals surface area (Å²) in [5.74, 6) is 2.36. The number of benzene rings is 1. The first-order valence-corrected chi connectivity index (χ1v) is 7.57. The van der Waals surface area contributed by atoms with Crippen molar-refractivity contribution in [1.82, 2.24) is 4.90 Å². The van der Waals surface area contributed by atoms with Crippen LogP contribution in [0.15, 0.2) is 12.1 Å². The van der Waals surface area contributed by atoms with Gasteiger partial charge in [0.1, 0.15) is 13.2 Å². The maximum absolute atomic E-state index is 6.18. The summed E-state index contributed by atoms with van der Waals surface area (Å²) >= 11 is 0. The molecule has 2 unspecified atom stereocenters. The Morgan fingerprint density at radius 1 is 1.20 bits per heavy atom. The maximum atomic E-state index is 6.18. The second-order valence-electron chi connectivity index (χ2n) is 6.03. The molecule has 1 aromatic carbocycles. The molecule has 1 aromatic rings. The molecular weight excluding hydrogens is 252 g/mol. The van der Waals surface area contributed by atoms with Gasteiger partial charge in [-0.2, -0.15) is 0 Å². The van der Waals surface area contributed by atoms with Gasteiger partial charge in [0.25, 0.3) is 0 Å². The predicted molar refractivity (Wildman–Crippen MR) is 80.1 cm³/mol.